The fraction of sp³-hybridized carbons (Fsp3) is 0.474. The van der Waals surface area contributed by atoms with E-state index in [1.165, 1.54) is 19.1 Å². The molecule has 1 atom stereocenters. The number of amidine groups is 1. The van der Waals surface area contributed by atoms with E-state index in [0.29, 0.717) is 10.2 Å². The normalized spacial score (nSPS) is 21.5. The molecular formula is C19H20ClF5N4O. The second kappa shape index (κ2) is 8.50. The van der Waals surface area contributed by atoms with Crippen molar-refractivity contribution in [2.45, 2.75) is 44.2 Å². The van der Waals surface area contributed by atoms with E-state index in [1.807, 2.05) is 0 Å². The maximum atomic E-state index is 15.0. The Balaban J connectivity index is 1.95. The molecule has 5 nitrogen and oxygen atoms in total. The number of benzene rings is 1. The second-order valence-corrected chi connectivity index (χ2v) is 7.42. The Morgan fingerprint density at radius 1 is 1.30 bits per heavy atom. The van der Waals surface area contributed by atoms with Crippen molar-refractivity contribution in [1.29, 1.82) is 0 Å². The lowest BCUT2D eigenvalue weighted by Crippen LogP contribution is -2.47. The zero-order chi connectivity index (χ0) is 22.1. The Hall–Kier alpha value is -2.20. The number of aromatic nitrogens is 2. The van der Waals surface area contributed by atoms with E-state index in [0.717, 1.165) is 12.3 Å². The van der Waals surface area contributed by atoms with Gasteiger partial charge in [-0.2, -0.15) is 13.9 Å². The number of aliphatic imine (C=N–C) groups is 1. The number of nitrogens with two attached hydrogens (primary N) is 1. The minimum absolute atomic E-state index is 0.0625. The summed E-state index contributed by atoms with van der Waals surface area (Å²) >= 11 is 5.93. The highest BCUT2D eigenvalue weighted by Crippen LogP contribution is 2.46. The van der Waals surface area contributed by atoms with Crippen LogP contribution in [0.4, 0.5) is 22.0 Å². The standard InChI is InChI=1S/C19H20ClF5N4O/c1-2-18(19(24,25)10-30-9-16(26)27-18)12-7-11(3-5-14(12)21)4-6-15-13(20)8-29(28-15)17(22)23/h3,5,7-8,17H,2,4,6,9-10H2,1H3,(H2,26,27)/t18-/m1/s1. The lowest BCUT2D eigenvalue weighted by molar-refractivity contribution is -0.123. The number of halogens is 6. The molecular weight excluding hydrogens is 431 g/mol. The molecule has 2 heterocycles. The summed E-state index contributed by atoms with van der Waals surface area (Å²) < 4.78 is 75.5. The zero-order valence-electron chi connectivity index (χ0n) is 16.0. The van der Waals surface area contributed by atoms with Crippen LogP contribution in [-0.4, -0.2) is 34.8 Å². The summed E-state index contributed by atoms with van der Waals surface area (Å²) in [5.41, 5.74) is 3.90. The van der Waals surface area contributed by atoms with E-state index >= 15 is 0 Å². The van der Waals surface area contributed by atoms with Crippen LogP contribution in [0.1, 0.15) is 36.7 Å². The number of ether oxygens (including phenoxy) is 1. The molecule has 30 heavy (non-hydrogen) atoms. The number of nitrogens with zero attached hydrogens (tertiary/aromatic N) is 3. The van der Waals surface area contributed by atoms with Gasteiger partial charge in [-0.1, -0.05) is 30.7 Å². The van der Waals surface area contributed by atoms with E-state index in [2.05, 4.69) is 10.1 Å². The van der Waals surface area contributed by atoms with Gasteiger partial charge >= 0.3 is 6.55 Å². The van der Waals surface area contributed by atoms with Crippen LogP contribution in [0.15, 0.2) is 29.4 Å². The summed E-state index contributed by atoms with van der Waals surface area (Å²) in [6.07, 6.45) is 1.17. The average molecular weight is 451 g/mol. The maximum absolute atomic E-state index is 15.0. The van der Waals surface area contributed by atoms with Crippen molar-refractivity contribution in [2.24, 2.45) is 10.7 Å². The molecule has 0 aliphatic carbocycles. The van der Waals surface area contributed by atoms with Crippen LogP contribution in [-0.2, 0) is 23.1 Å². The highest BCUT2D eigenvalue weighted by Gasteiger charge is 2.56. The van der Waals surface area contributed by atoms with Crippen molar-refractivity contribution in [2.75, 3.05) is 13.2 Å². The number of rotatable bonds is 6. The Bertz CT molecular complexity index is 949. The molecule has 11 heteroatoms. The number of alkyl halides is 4. The third-order valence-electron chi connectivity index (χ3n) is 5.07. The highest BCUT2D eigenvalue weighted by atomic mass is 35.5. The van der Waals surface area contributed by atoms with Gasteiger partial charge in [0.25, 0.3) is 5.92 Å². The molecule has 0 fully saturated rings. The van der Waals surface area contributed by atoms with Crippen molar-refractivity contribution in [1.82, 2.24) is 9.78 Å². The number of hydrogen-bond donors (Lipinski definition) is 1. The molecule has 0 saturated heterocycles. The van der Waals surface area contributed by atoms with Crippen LogP contribution in [0.3, 0.4) is 0 Å². The van der Waals surface area contributed by atoms with Crippen molar-refractivity contribution in [3.63, 3.8) is 0 Å². The van der Waals surface area contributed by atoms with E-state index in [-0.39, 0.29) is 48.0 Å². The summed E-state index contributed by atoms with van der Waals surface area (Å²) in [5, 5.41) is 3.78. The van der Waals surface area contributed by atoms with E-state index in [1.54, 1.807) is 0 Å². The van der Waals surface area contributed by atoms with Gasteiger partial charge in [0.1, 0.15) is 24.9 Å². The summed E-state index contributed by atoms with van der Waals surface area (Å²) in [7, 11) is 0. The molecule has 164 valence electrons. The predicted molar refractivity (Wildman–Crippen MR) is 102 cm³/mol. The first kappa shape index (κ1) is 22.5. The molecule has 0 amide bonds. The fourth-order valence-corrected chi connectivity index (χ4v) is 3.76. The first-order valence-electron chi connectivity index (χ1n) is 9.20. The number of hydrogen-bond acceptors (Lipinski definition) is 4. The van der Waals surface area contributed by atoms with Gasteiger partial charge in [-0.05, 0) is 30.9 Å². The lowest BCUT2D eigenvalue weighted by Gasteiger charge is -2.36. The molecule has 0 radical (unpaired) electrons. The SMILES string of the molecule is CC[C@]1(c2cc(CCc3nn(C(F)F)cc3Cl)ccc2F)N=C(N)COCC1(F)F. The zero-order valence-corrected chi connectivity index (χ0v) is 16.8. The molecule has 1 aliphatic rings. The Morgan fingerprint density at radius 3 is 2.67 bits per heavy atom. The van der Waals surface area contributed by atoms with Crippen LogP contribution < -0.4 is 5.73 Å². The minimum Gasteiger partial charge on any atom is -0.385 e. The Kier molecular flexibility index (Phi) is 6.37. The van der Waals surface area contributed by atoms with Gasteiger partial charge in [-0.25, -0.2) is 17.9 Å². The molecule has 0 unspecified atom stereocenters. The van der Waals surface area contributed by atoms with Gasteiger partial charge in [0.15, 0.2) is 5.54 Å². The highest BCUT2D eigenvalue weighted by molar-refractivity contribution is 6.31. The maximum Gasteiger partial charge on any atom is 0.333 e. The van der Waals surface area contributed by atoms with Crippen LogP contribution >= 0.6 is 11.6 Å². The van der Waals surface area contributed by atoms with Crippen molar-refractivity contribution in [3.05, 3.63) is 52.1 Å². The second-order valence-electron chi connectivity index (χ2n) is 7.01. The number of aryl methyl sites for hydroxylation is 2. The summed E-state index contributed by atoms with van der Waals surface area (Å²) in [5.74, 6) is -4.50. The van der Waals surface area contributed by atoms with Gasteiger partial charge < -0.3 is 10.5 Å². The lowest BCUT2D eigenvalue weighted by atomic mass is 9.80. The van der Waals surface area contributed by atoms with Gasteiger partial charge in [0, 0.05) is 11.8 Å². The van der Waals surface area contributed by atoms with Gasteiger partial charge in [0.2, 0.25) is 0 Å². The molecule has 0 bridgehead atoms. The topological polar surface area (TPSA) is 65.4 Å². The first-order valence-corrected chi connectivity index (χ1v) is 9.58. The molecule has 2 N–H and O–H groups in total. The van der Waals surface area contributed by atoms with E-state index in [4.69, 9.17) is 22.1 Å². The molecule has 1 aromatic heterocycles. The molecule has 0 spiro atoms. The monoisotopic (exact) mass is 450 g/mol. The molecule has 1 aromatic carbocycles. The quantitative estimate of drug-likeness (QED) is 0.660. The Labute approximate surface area is 174 Å². The fourth-order valence-electron chi connectivity index (χ4n) is 3.53. The minimum atomic E-state index is -3.50. The summed E-state index contributed by atoms with van der Waals surface area (Å²) in [6.45, 7) is -2.58. The molecule has 3 rings (SSSR count). The van der Waals surface area contributed by atoms with Crippen molar-refractivity contribution in [3.8, 4) is 0 Å². The van der Waals surface area contributed by atoms with Crippen LogP contribution in [0.5, 0.6) is 0 Å². The van der Waals surface area contributed by atoms with E-state index < -0.39 is 30.4 Å². The summed E-state index contributed by atoms with van der Waals surface area (Å²) in [4.78, 5) is 3.97. The van der Waals surface area contributed by atoms with Crippen LogP contribution in [0.2, 0.25) is 5.02 Å². The summed E-state index contributed by atoms with van der Waals surface area (Å²) in [6, 6.07) is 3.81. The smallest absolute Gasteiger partial charge is 0.333 e. The van der Waals surface area contributed by atoms with Gasteiger partial charge in [-0.3, -0.25) is 4.99 Å². The van der Waals surface area contributed by atoms with E-state index in [9.17, 15) is 22.0 Å². The Morgan fingerprint density at radius 2 is 2.03 bits per heavy atom. The largest absolute Gasteiger partial charge is 0.385 e. The third-order valence-corrected chi connectivity index (χ3v) is 5.38. The van der Waals surface area contributed by atoms with Gasteiger partial charge in [-0.15, -0.1) is 0 Å². The third kappa shape index (κ3) is 4.15. The van der Waals surface area contributed by atoms with Crippen molar-refractivity contribution < 1.29 is 26.7 Å². The molecule has 2 aromatic rings. The molecule has 1 aliphatic heterocycles. The predicted octanol–water partition coefficient (Wildman–Crippen LogP) is 4.48. The van der Waals surface area contributed by atoms with Crippen LogP contribution in [0.25, 0.3) is 0 Å². The van der Waals surface area contributed by atoms with Crippen molar-refractivity contribution >= 4 is 17.4 Å². The van der Waals surface area contributed by atoms with Gasteiger partial charge in [0.05, 0.1) is 10.7 Å². The van der Waals surface area contributed by atoms with Crippen LogP contribution in [0, 0.1) is 5.82 Å². The molecule has 0 saturated carbocycles. The average Bonchev–Trinajstić information content (AvgIpc) is 3.00. The first-order chi connectivity index (χ1) is 14.1.